The van der Waals surface area contributed by atoms with Crippen molar-refractivity contribution in [2.45, 2.75) is 45.1 Å². The van der Waals surface area contributed by atoms with Gasteiger partial charge in [0, 0.05) is 18.8 Å². The van der Waals surface area contributed by atoms with Gasteiger partial charge >= 0.3 is 0 Å². The highest BCUT2D eigenvalue weighted by molar-refractivity contribution is 5.78. The molecule has 15 heavy (non-hydrogen) atoms. The second-order valence-electron chi connectivity index (χ2n) is 4.46. The molecule has 0 amide bonds. The van der Waals surface area contributed by atoms with Gasteiger partial charge in [-0.05, 0) is 12.3 Å². The average Bonchev–Trinajstić information content (AvgIpc) is 2.86. The zero-order chi connectivity index (χ0) is 10.5. The van der Waals surface area contributed by atoms with E-state index in [9.17, 15) is 4.79 Å². The second-order valence-corrected chi connectivity index (χ2v) is 4.46. The average molecular weight is 206 g/mol. The maximum absolute atomic E-state index is 11.6. The van der Waals surface area contributed by atoms with Gasteiger partial charge in [-0.2, -0.15) is 0 Å². The van der Waals surface area contributed by atoms with Gasteiger partial charge in [0.05, 0.1) is 12.9 Å². The van der Waals surface area contributed by atoms with Crippen LogP contribution < -0.4 is 0 Å². The van der Waals surface area contributed by atoms with Crippen LogP contribution in [0.5, 0.6) is 0 Å². The minimum Gasteiger partial charge on any atom is -0.330 e. The fraction of sp³-hybridized carbons (Fsp3) is 0.667. The van der Waals surface area contributed by atoms with E-state index in [0.717, 1.165) is 18.8 Å². The van der Waals surface area contributed by atoms with Crippen LogP contribution >= 0.6 is 0 Å². The summed E-state index contributed by atoms with van der Waals surface area (Å²) in [5, 5.41) is 0. The summed E-state index contributed by atoms with van der Waals surface area (Å²) >= 11 is 0. The van der Waals surface area contributed by atoms with Crippen molar-refractivity contribution in [3.63, 3.8) is 0 Å². The van der Waals surface area contributed by atoms with Crippen molar-refractivity contribution in [2.24, 2.45) is 5.92 Å². The summed E-state index contributed by atoms with van der Waals surface area (Å²) in [6.07, 6.45) is 12.5. The van der Waals surface area contributed by atoms with Gasteiger partial charge in [0.2, 0.25) is 0 Å². The normalized spacial score (nSPS) is 17.1. The Morgan fingerprint density at radius 1 is 1.40 bits per heavy atom. The Balaban J connectivity index is 1.68. The van der Waals surface area contributed by atoms with Crippen LogP contribution in [0.4, 0.5) is 0 Å². The summed E-state index contributed by atoms with van der Waals surface area (Å²) < 4.78 is 1.84. The van der Waals surface area contributed by atoms with E-state index in [4.69, 9.17) is 0 Å². The number of Topliss-reactive ketones (excluding diaryl/α,β-unsaturated/α-hetero) is 1. The topological polar surface area (TPSA) is 34.9 Å². The zero-order valence-electron chi connectivity index (χ0n) is 9.06. The molecule has 1 saturated carbocycles. The Hall–Kier alpha value is -1.12. The number of rotatable bonds is 5. The third-order valence-electron chi connectivity index (χ3n) is 3.22. The van der Waals surface area contributed by atoms with Gasteiger partial charge in [0.25, 0.3) is 0 Å². The molecule has 1 aromatic heterocycles. The maximum atomic E-state index is 11.6. The van der Waals surface area contributed by atoms with Crippen molar-refractivity contribution in [2.75, 3.05) is 0 Å². The van der Waals surface area contributed by atoms with E-state index in [1.54, 1.807) is 12.5 Å². The van der Waals surface area contributed by atoms with Crippen molar-refractivity contribution >= 4 is 5.78 Å². The van der Waals surface area contributed by atoms with Gasteiger partial charge in [-0.25, -0.2) is 4.98 Å². The van der Waals surface area contributed by atoms with E-state index >= 15 is 0 Å². The summed E-state index contributed by atoms with van der Waals surface area (Å²) in [6, 6.07) is 0. The molecule has 3 nitrogen and oxygen atoms in total. The van der Waals surface area contributed by atoms with Gasteiger partial charge in [0.1, 0.15) is 0 Å². The molecule has 0 unspecified atom stereocenters. The highest BCUT2D eigenvalue weighted by Crippen LogP contribution is 2.28. The molecule has 0 aromatic carbocycles. The Bertz CT molecular complexity index is 299. The fourth-order valence-electron chi connectivity index (χ4n) is 2.33. The molecule has 1 aliphatic rings. The number of hydrogen-bond acceptors (Lipinski definition) is 2. The van der Waals surface area contributed by atoms with Gasteiger partial charge in [0.15, 0.2) is 5.78 Å². The molecule has 1 aromatic rings. The zero-order valence-corrected chi connectivity index (χ0v) is 9.06. The van der Waals surface area contributed by atoms with Gasteiger partial charge in [-0.3, -0.25) is 4.79 Å². The predicted octanol–water partition coefficient (Wildman–Crippen LogP) is 2.42. The number of aromatic nitrogens is 2. The van der Waals surface area contributed by atoms with E-state index in [2.05, 4.69) is 4.98 Å². The lowest BCUT2D eigenvalue weighted by Crippen LogP contribution is -2.09. The Morgan fingerprint density at radius 3 is 2.87 bits per heavy atom. The standard InChI is InChI=1S/C12H18N2O/c15-12(9-14-8-7-13-10-14)6-5-11-3-1-2-4-11/h7-8,10-11H,1-6,9H2. The second kappa shape index (κ2) is 5.10. The lowest BCUT2D eigenvalue weighted by atomic mass is 10.0. The van der Waals surface area contributed by atoms with Crippen molar-refractivity contribution in [3.8, 4) is 0 Å². The molecule has 0 spiro atoms. The lowest BCUT2D eigenvalue weighted by molar-refractivity contribution is -0.119. The van der Waals surface area contributed by atoms with E-state index in [1.165, 1.54) is 25.7 Å². The molecule has 1 aliphatic carbocycles. The molecule has 82 valence electrons. The van der Waals surface area contributed by atoms with Crippen molar-refractivity contribution in [3.05, 3.63) is 18.7 Å². The molecule has 2 rings (SSSR count). The minimum absolute atomic E-state index is 0.333. The van der Waals surface area contributed by atoms with Crippen LogP contribution in [0, 0.1) is 5.92 Å². The molecule has 0 saturated heterocycles. The molecule has 3 heteroatoms. The maximum Gasteiger partial charge on any atom is 0.152 e. The summed E-state index contributed by atoms with van der Waals surface area (Å²) in [6.45, 7) is 0.493. The van der Waals surface area contributed by atoms with E-state index in [1.807, 2.05) is 10.8 Å². The number of carbonyl (C=O) groups is 1. The third-order valence-corrected chi connectivity index (χ3v) is 3.22. The Morgan fingerprint density at radius 2 is 2.20 bits per heavy atom. The number of carbonyl (C=O) groups excluding carboxylic acids is 1. The molecule has 1 heterocycles. The van der Waals surface area contributed by atoms with Crippen molar-refractivity contribution < 1.29 is 4.79 Å². The minimum atomic E-state index is 0.333. The van der Waals surface area contributed by atoms with Crippen LogP contribution in [0.2, 0.25) is 0 Å². The first kappa shape index (κ1) is 10.4. The first-order chi connectivity index (χ1) is 7.34. The molecule has 0 bridgehead atoms. The molecular formula is C12H18N2O. The number of ketones is 1. The predicted molar refractivity (Wildman–Crippen MR) is 58.4 cm³/mol. The largest absolute Gasteiger partial charge is 0.330 e. The summed E-state index contributed by atoms with van der Waals surface area (Å²) in [4.78, 5) is 15.5. The van der Waals surface area contributed by atoms with E-state index < -0.39 is 0 Å². The monoisotopic (exact) mass is 206 g/mol. The van der Waals surface area contributed by atoms with Crippen LogP contribution in [0.15, 0.2) is 18.7 Å². The quantitative estimate of drug-likeness (QED) is 0.741. The first-order valence-electron chi connectivity index (χ1n) is 5.82. The lowest BCUT2D eigenvalue weighted by Gasteiger charge is -2.07. The third kappa shape index (κ3) is 3.18. The first-order valence-corrected chi connectivity index (χ1v) is 5.82. The number of nitrogens with zero attached hydrogens (tertiary/aromatic N) is 2. The van der Waals surface area contributed by atoms with Crippen molar-refractivity contribution in [1.29, 1.82) is 0 Å². The van der Waals surface area contributed by atoms with E-state index in [-0.39, 0.29) is 0 Å². The SMILES string of the molecule is O=C(CCC1CCCC1)Cn1ccnc1. The summed E-state index contributed by atoms with van der Waals surface area (Å²) in [5.41, 5.74) is 0. The van der Waals surface area contributed by atoms with Crippen LogP contribution in [0.25, 0.3) is 0 Å². The van der Waals surface area contributed by atoms with E-state index in [0.29, 0.717) is 12.3 Å². The Labute approximate surface area is 90.5 Å². The summed E-state index contributed by atoms with van der Waals surface area (Å²) in [5.74, 6) is 1.15. The van der Waals surface area contributed by atoms with Gasteiger partial charge in [-0.1, -0.05) is 25.7 Å². The van der Waals surface area contributed by atoms with Crippen LogP contribution in [-0.4, -0.2) is 15.3 Å². The van der Waals surface area contributed by atoms with Gasteiger partial charge < -0.3 is 4.57 Å². The molecule has 0 atom stereocenters. The molecule has 0 N–H and O–H groups in total. The summed E-state index contributed by atoms with van der Waals surface area (Å²) in [7, 11) is 0. The molecule has 0 aliphatic heterocycles. The molecular weight excluding hydrogens is 188 g/mol. The smallest absolute Gasteiger partial charge is 0.152 e. The number of hydrogen-bond donors (Lipinski definition) is 0. The van der Waals surface area contributed by atoms with Crippen LogP contribution in [0.1, 0.15) is 38.5 Å². The Kier molecular flexibility index (Phi) is 3.54. The number of imidazole rings is 1. The van der Waals surface area contributed by atoms with Crippen LogP contribution in [-0.2, 0) is 11.3 Å². The van der Waals surface area contributed by atoms with Gasteiger partial charge in [-0.15, -0.1) is 0 Å². The highest BCUT2D eigenvalue weighted by Gasteiger charge is 2.15. The fourth-order valence-corrected chi connectivity index (χ4v) is 2.33. The van der Waals surface area contributed by atoms with Crippen LogP contribution in [0.3, 0.4) is 0 Å². The van der Waals surface area contributed by atoms with Crippen molar-refractivity contribution in [1.82, 2.24) is 9.55 Å². The molecule has 0 radical (unpaired) electrons. The molecule has 1 fully saturated rings. The highest BCUT2D eigenvalue weighted by atomic mass is 16.1.